The first kappa shape index (κ1) is 28.4. The number of rotatable bonds is 8. The van der Waals surface area contributed by atoms with Crippen LogP contribution in [0.3, 0.4) is 0 Å². The van der Waals surface area contributed by atoms with Gasteiger partial charge in [0.2, 0.25) is 17.7 Å². The highest BCUT2D eigenvalue weighted by molar-refractivity contribution is 5.88. The fraction of sp³-hybridized carbons (Fsp3) is 0.586. The molecule has 0 spiro atoms. The third-order valence-electron chi connectivity index (χ3n) is 7.44. The second-order valence-electron chi connectivity index (χ2n) is 10.1. The smallest absolute Gasteiger partial charge is 0.243 e. The molecule has 8 heteroatoms. The molecule has 4 rings (SSSR count). The van der Waals surface area contributed by atoms with Crippen LogP contribution >= 0.6 is 0 Å². The molecule has 0 unspecified atom stereocenters. The lowest BCUT2D eigenvalue weighted by Crippen LogP contribution is -2.45. The third kappa shape index (κ3) is 7.91. The molecular weight excluding hydrogens is 466 g/mol. The topological polar surface area (TPSA) is 87.5 Å². The fourth-order valence-corrected chi connectivity index (χ4v) is 4.83. The summed E-state index contributed by atoms with van der Waals surface area (Å²) >= 11 is 0. The minimum Gasteiger partial charge on any atom is -0.350 e. The summed E-state index contributed by atoms with van der Waals surface area (Å²) in [5.41, 5.74) is 3.52. The van der Waals surface area contributed by atoms with Crippen molar-refractivity contribution in [2.75, 3.05) is 19.6 Å². The number of hydrogen-bond acceptors (Lipinski definition) is 4. The van der Waals surface area contributed by atoms with Crippen molar-refractivity contribution in [2.24, 2.45) is 7.05 Å². The van der Waals surface area contributed by atoms with Crippen LogP contribution in [0.5, 0.6) is 0 Å². The number of amides is 3. The van der Waals surface area contributed by atoms with Crippen molar-refractivity contribution in [1.29, 1.82) is 0 Å². The molecule has 37 heavy (non-hydrogen) atoms. The predicted octanol–water partition coefficient (Wildman–Crippen LogP) is 4.34. The fourth-order valence-electron chi connectivity index (χ4n) is 4.83. The maximum atomic E-state index is 12.8. The maximum absolute atomic E-state index is 12.8. The Morgan fingerprint density at radius 2 is 1.81 bits per heavy atom. The Morgan fingerprint density at radius 1 is 1.08 bits per heavy atom. The van der Waals surface area contributed by atoms with E-state index in [1.807, 2.05) is 41.0 Å². The molecule has 2 aliphatic rings. The SMILES string of the molecule is C/C=C(/C)CC.Cn1ncc2cc(CNC(=O)[C@@H]3CCCN3C(=O)CCCC(=O)N3CCCC3)ccc21. The van der Waals surface area contributed by atoms with E-state index in [4.69, 9.17) is 0 Å². The molecule has 0 bridgehead atoms. The highest BCUT2D eigenvalue weighted by Gasteiger charge is 2.33. The van der Waals surface area contributed by atoms with Crippen LogP contribution in [0.25, 0.3) is 10.9 Å². The van der Waals surface area contributed by atoms with Crippen molar-refractivity contribution < 1.29 is 14.4 Å². The minimum absolute atomic E-state index is 0.0244. The van der Waals surface area contributed by atoms with Crippen LogP contribution in [0.15, 0.2) is 36.0 Å². The molecule has 1 N–H and O–H groups in total. The van der Waals surface area contributed by atoms with Gasteiger partial charge in [-0.1, -0.05) is 24.6 Å². The number of carbonyl (C=O) groups excluding carboxylic acids is 3. The first-order valence-electron chi connectivity index (χ1n) is 13.7. The molecule has 3 amide bonds. The summed E-state index contributed by atoms with van der Waals surface area (Å²) in [6.07, 6.45) is 10.1. The van der Waals surface area contributed by atoms with E-state index in [2.05, 4.69) is 37.3 Å². The van der Waals surface area contributed by atoms with Gasteiger partial charge in [0.05, 0.1) is 11.7 Å². The van der Waals surface area contributed by atoms with Gasteiger partial charge in [-0.05, 0) is 70.1 Å². The van der Waals surface area contributed by atoms with Gasteiger partial charge in [0.25, 0.3) is 0 Å². The molecule has 2 aromatic rings. The van der Waals surface area contributed by atoms with Crippen LogP contribution in [-0.4, -0.2) is 63.0 Å². The number of aryl methyl sites for hydroxylation is 1. The molecule has 1 aromatic heterocycles. The maximum Gasteiger partial charge on any atom is 0.243 e. The lowest BCUT2D eigenvalue weighted by molar-refractivity contribution is -0.138. The van der Waals surface area contributed by atoms with Gasteiger partial charge in [-0.15, -0.1) is 0 Å². The Bertz CT molecular complexity index is 1100. The summed E-state index contributed by atoms with van der Waals surface area (Å²) in [5.74, 6) is 0.0144. The molecule has 0 radical (unpaired) electrons. The van der Waals surface area contributed by atoms with Gasteiger partial charge in [-0.3, -0.25) is 19.1 Å². The van der Waals surface area contributed by atoms with Gasteiger partial charge >= 0.3 is 0 Å². The van der Waals surface area contributed by atoms with Gasteiger partial charge in [-0.2, -0.15) is 5.10 Å². The van der Waals surface area contributed by atoms with Gasteiger partial charge < -0.3 is 15.1 Å². The van der Waals surface area contributed by atoms with E-state index in [1.165, 1.54) is 12.0 Å². The predicted molar refractivity (Wildman–Crippen MR) is 147 cm³/mol. The monoisotopic (exact) mass is 509 g/mol. The first-order valence-corrected chi connectivity index (χ1v) is 13.7. The molecule has 0 saturated carbocycles. The number of fused-ring (bicyclic) bond motifs is 1. The zero-order chi connectivity index (χ0) is 26.8. The zero-order valence-corrected chi connectivity index (χ0v) is 23.0. The van der Waals surface area contributed by atoms with Crippen molar-refractivity contribution >= 4 is 28.6 Å². The molecule has 2 aliphatic heterocycles. The standard InChI is InChI=1S/C23H31N5O3.C6H12/c1-26-19-10-9-17(14-18(19)16-25-26)15-24-23(31)20-6-5-13-28(20)22(30)8-4-7-21(29)27-11-2-3-12-27;1-4-6(3)5-2/h9-10,14,16,20H,2-8,11-13,15H2,1H3,(H,24,31);4H,5H2,1-3H3/b;6-4-/t20-;/m0./s1. The minimum atomic E-state index is -0.413. The normalized spacial score (nSPS) is 17.6. The molecule has 202 valence electrons. The van der Waals surface area contributed by atoms with Crippen LogP contribution in [0.2, 0.25) is 0 Å². The lowest BCUT2D eigenvalue weighted by Gasteiger charge is -2.24. The average Bonchev–Trinajstić information content (AvgIpc) is 3.68. The van der Waals surface area contributed by atoms with Crippen molar-refractivity contribution in [3.63, 3.8) is 0 Å². The summed E-state index contributed by atoms with van der Waals surface area (Å²) in [7, 11) is 1.90. The highest BCUT2D eigenvalue weighted by atomic mass is 16.2. The van der Waals surface area contributed by atoms with Crippen LogP contribution < -0.4 is 5.32 Å². The lowest BCUT2D eigenvalue weighted by atomic mass is 10.1. The average molecular weight is 510 g/mol. The molecular formula is C29H43N5O3. The third-order valence-corrected chi connectivity index (χ3v) is 7.44. The first-order chi connectivity index (χ1) is 17.8. The van der Waals surface area contributed by atoms with Gasteiger partial charge in [0, 0.05) is 51.5 Å². The summed E-state index contributed by atoms with van der Waals surface area (Å²) in [6, 6.07) is 5.60. The van der Waals surface area contributed by atoms with Crippen molar-refractivity contribution in [3.05, 3.63) is 41.6 Å². The number of benzene rings is 1. The van der Waals surface area contributed by atoms with E-state index in [1.54, 1.807) is 4.90 Å². The second kappa shape index (κ2) is 14.0. The molecule has 8 nitrogen and oxygen atoms in total. The number of carbonyl (C=O) groups is 3. The van der Waals surface area contributed by atoms with Crippen molar-refractivity contribution in [3.8, 4) is 0 Å². The Morgan fingerprint density at radius 3 is 2.49 bits per heavy atom. The van der Waals surface area contributed by atoms with Crippen LogP contribution in [-0.2, 0) is 28.0 Å². The quantitative estimate of drug-likeness (QED) is 0.537. The summed E-state index contributed by atoms with van der Waals surface area (Å²) in [6.45, 7) is 9.09. The van der Waals surface area contributed by atoms with E-state index >= 15 is 0 Å². The second-order valence-corrected chi connectivity index (χ2v) is 10.1. The molecule has 2 saturated heterocycles. The van der Waals surface area contributed by atoms with Gasteiger partial charge in [0.15, 0.2) is 0 Å². The summed E-state index contributed by atoms with van der Waals surface area (Å²) < 4.78 is 1.82. The number of aromatic nitrogens is 2. The largest absolute Gasteiger partial charge is 0.350 e. The highest BCUT2D eigenvalue weighted by Crippen LogP contribution is 2.20. The van der Waals surface area contributed by atoms with Crippen LogP contribution in [0, 0.1) is 0 Å². The molecule has 0 aliphatic carbocycles. The molecule has 1 atom stereocenters. The number of allylic oxidation sites excluding steroid dienone is 2. The number of nitrogens with zero attached hydrogens (tertiary/aromatic N) is 4. The number of likely N-dealkylation sites (tertiary alicyclic amines) is 2. The number of hydrogen-bond donors (Lipinski definition) is 1. The molecule has 1 aromatic carbocycles. The van der Waals surface area contributed by atoms with E-state index in [9.17, 15) is 14.4 Å². The van der Waals surface area contributed by atoms with Crippen molar-refractivity contribution in [1.82, 2.24) is 24.9 Å². The molecule has 2 fully saturated rings. The van der Waals surface area contributed by atoms with Crippen molar-refractivity contribution in [2.45, 2.75) is 84.7 Å². The number of nitrogens with one attached hydrogen (secondary N) is 1. The van der Waals surface area contributed by atoms with Crippen LogP contribution in [0.1, 0.15) is 77.7 Å². The van der Waals surface area contributed by atoms with Crippen LogP contribution in [0.4, 0.5) is 0 Å². The summed E-state index contributed by atoms with van der Waals surface area (Å²) in [5, 5.41) is 8.27. The Hall–Kier alpha value is -3.16. The van der Waals surface area contributed by atoms with E-state index in [-0.39, 0.29) is 17.7 Å². The zero-order valence-electron chi connectivity index (χ0n) is 23.0. The Kier molecular flexibility index (Phi) is 10.7. The van der Waals surface area contributed by atoms with E-state index < -0.39 is 6.04 Å². The van der Waals surface area contributed by atoms with Gasteiger partial charge in [0.1, 0.15) is 6.04 Å². The van der Waals surface area contributed by atoms with Gasteiger partial charge in [-0.25, -0.2) is 0 Å². The summed E-state index contributed by atoms with van der Waals surface area (Å²) in [4.78, 5) is 41.2. The van der Waals surface area contributed by atoms with E-state index in [0.29, 0.717) is 38.8 Å². The van der Waals surface area contributed by atoms with E-state index in [0.717, 1.165) is 48.8 Å². The Balaban J connectivity index is 0.000000568. The Labute approximate surface area is 221 Å². The molecule has 3 heterocycles.